The van der Waals surface area contributed by atoms with Crippen LogP contribution in [0.1, 0.15) is 22.3 Å². The van der Waals surface area contributed by atoms with Gasteiger partial charge >= 0.3 is 0 Å². The van der Waals surface area contributed by atoms with Crippen molar-refractivity contribution in [2.75, 3.05) is 17.2 Å². The summed E-state index contributed by atoms with van der Waals surface area (Å²) in [4.78, 5) is 24.9. The number of aryl methyl sites for hydroxylation is 2. The van der Waals surface area contributed by atoms with E-state index in [-0.39, 0.29) is 18.1 Å². The van der Waals surface area contributed by atoms with Gasteiger partial charge in [-0.15, -0.1) is 0 Å². The molecule has 0 fully saturated rings. The molecule has 0 aliphatic rings. The molecule has 0 saturated heterocycles. The smallest absolute Gasteiger partial charge is 0.266 e. The lowest BCUT2D eigenvalue weighted by Gasteiger charge is -2.10. The summed E-state index contributed by atoms with van der Waals surface area (Å²) < 4.78 is 5.58. The highest BCUT2D eigenvalue weighted by atomic mass is 35.5. The Labute approximate surface area is 203 Å². The zero-order chi connectivity index (χ0) is 24.7. The number of nitriles is 1. The van der Waals surface area contributed by atoms with Crippen LogP contribution in [-0.2, 0) is 9.59 Å². The van der Waals surface area contributed by atoms with Crippen LogP contribution in [0, 0.1) is 32.1 Å². The number of anilines is 2. The molecule has 0 aromatic heterocycles. The zero-order valence-corrected chi connectivity index (χ0v) is 19.9. The number of rotatable bonds is 7. The lowest BCUT2D eigenvalue weighted by Crippen LogP contribution is -2.20. The maximum Gasteiger partial charge on any atom is 0.266 e. The number of carbonyl (C=O) groups excluding carboxylic acids is 2. The van der Waals surface area contributed by atoms with E-state index in [2.05, 4.69) is 10.6 Å². The summed E-state index contributed by atoms with van der Waals surface area (Å²) in [5.74, 6) is -0.414. The van der Waals surface area contributed by atoms with Crippen molar-refractivity contribution in [3.63, 3.8) is 0 Å². The van der Waals surface area contributed by atoms with E-state index >= 15 is 0 Å². The van der Waals surface area contributed by atoms with Gasteiger partial charge in [-0.05, 0) is 79.4 Å². The number of nitrogens with one attached hydrogen (secondary N) is 2. The van der Waals surface area contributed by atoms with Crippen LogP contribution in [0.3, 0.4) is 0 Å². The van der Waals surface area contributed by atoms with Crippen molar-refractivity contribution in [3.05, 3.63) is 93.5 Å². The van der Waals surface area contributed by atoms with Crippen LogP contribution < -0.4 is 15.4 Å². The van der Waals surface area contributed by atoms with E-state index in [1.54, 1.807) is 42.5 Å². The summed E-state index contributed by atoms with van der Waals surface area (Å²) in [6.45, 7) is 5.53. The first-order valence-corrected chi connectivity index (χ1v) is 10.9. The summed E-state index contributed by atoms with van der Waals surface area (Å²) >= 11 is 6.08. The van der Waals surface area contributed by atoms with Gasteiger partial charge in [-0.25, -0.2) is 0 Å². The molecule has 172 valence electrons. The molecule has 6 nitrogen and oxygen atoms in total. The monoisotopic (exact) mass is 473 g/mol. The number of hydrogen-bond acceptors (Lipinski definition) is 4. The molecule has 0 radical (unpaired) electrons. The number of nitrogens with zero attached hydrogens (tertiary/aromatic N) is 1. The molecule has 7 heteroatoms. The molecule has 0 aliphatic heterocycles. The van der Waals surface area contributed by atoms with E-state index in [0.29, 0.717) is 27.7 Å². The fourth-order valence-electron chi connectivity index (χ4n) is 3.10. The molecular weight excluding hydrogens is 450 g/mol. The lowest BCUT2D eigenvalue weighted by atomic mass is 10.1. The predicted molar refractivity (Wildman–Crippen MR) is 135 cm³/mol. The van der Waals surface area contributed by atoms with Gasteiger partial charge in [0, 0.05) is 16.4 Å². The Kier molecular flexibility index (Phi) is 8.07. The highest BCUT2D eigenvalue weighted by Gasteiger charge is 2.12. The van der Waals surface area contributed by atoms with Gasteiger partial charge in [-0.3, -0.25) is 9.59 Å². The van der Waals surface area contributed by atoms with Crippen molar-refractivity contribution in [2.45, 2.75) is 20.8 Å². The molecule has 34 heavy (non-hydrogen) atoms. The van der Waals surface area contributed by atoms with Crippen molar-refractivity contribution in [2.24, 2.45) is 0 Å². The molecule has 3 aromatic rings. The van der Waals surface area contributed by atoms with Gasteiger partial charge in [0.2, 0.25) is 0 Å². The summed E-state index contributed by atoms with van der Waals surface area (Å²) in [7, 11) is 0. The summed E-state index contributed by atoms with van der Waals surface area (Å²) in [5.41, 5.74) is 4.68. The van der Waals surface area contributed by atoms with Gasteiger partial charge in [-0.2, -0.15) is 5.26 Å². The molecule has 2 N–H and O–H groups in total. The second-order valence-corrected chi connectivity index (χ2v) is 8.15. The minimum atomic E-state index is -0.501. The van der Waals surface area contributed by atoms with Crippen molar-refractivity contribution in [1.82, 2.24) is 0 Å². The highest BCUT2D eigenvalue weighted by Crippen LogP contribution is 2.21. The third kappa shape index (κ3) is 6.47. The van der Waals surface area contributed by atoms with Crippen LogP contribution in [0.2, 0.25) is 5.02 Å². The lowest BCUT2D eigenvalue weighted by molar-refractivity contribution is -0.118. The van der Waals surface area contributed by atoms with Crippen LogP contribution in [0.4, 0.5) is 11.4 Å². The number of hydrogen-bond donors (Lipinski definition) is 2. The van der Waals surface area contributed by atoms with Crippen LogP contribution in [0.5, 0.6) is 5.75 Å². The van der Waals surface area contributed by atoms with Gasteiger partial charge in [0.1, 0.15) is 17.4 Å². The van der Waals surface area contributed by atoms with Crippen LogP contribution in [0.15, 0.2) is 66.2 Å². The Morgan fingerprint density at radius 1 is 1.00 bits per heavy atom. The normalized spacial score (nSPS) is 10.9. The molecular formula is C27H24ClN3O3. The molecule has 3 rings (SSSR count). The quantitative estimate of drug-likeness (QED) is 0.333. The fraction of sp³-hybridized carbons (Fsp3) is 0.148. The molecule has 0 heterocycles. The third-order valence-electron chi connectivity index (χ3n) is 5.21. The molecule has 0 saturated carbocycles. The molecule has 0 atom stereocenters. The van der Waals surface area contributed by atoms with E-state index < -0.39 is 5.91 Å². The second kappa shape index (κ2) is 11.2. The van der Waals surface area contributed by atoms with E-state index in [1.165, 1.54) is 6.08 Å². The van der Waals surface area contributed by atoms with Crippen LogP contribution >= 0.6 is 11.6 Å². The van der Waals surface area contributed by atoms with Gasteiger partial charge in [0.25, 0.3) is 11.8 Å². The number of halogens is 1. The van der Waals surface area contributed by atoms with Crippen molar-refractivity contribution in [1.29, 1.82) is 5.26 Å². The summed E-state index contributed by atoms with van der Waals surface area (Å²) in [6.07, 6.45) is 1.47. The van der Waals surface area contributed by atoms with Gasteiger partial charge in [-0.1, -0.05) is 41.9 Å². The van der Waals surface area contributed by atoms with E-state index in [4.69, 9.17) is 16.3 Å². The molecule has 0 unspecified atom stereocenters. The molecule has 2 amide bonds. The summed E-state index contributed by atoms with van der Waals surface area (Å²) in [6, 6.07) is 19.6. The van der Waals surface area contributed by atoms with Crippen LogP contribution in [-0.4, -0.2) is 18.4 Å². The fourth-order valence-corrected chi connectivity index (χ4v) is 3.28. The average Bonchev–Trinajstić information content (AvgIpc) is 2.81. The number of carbonyl (C=O) groups is 2. The second-order valence-electron chi connectivity index (χ2n) is 7.74. The third-order valence-corrected chi connectivity index (χ3v) is 5.62. The SMILES string of the molecule is Cc1ccc(NC(=O)COc2cccc(/C=C(/C#N)C(=O)Nc3cccc(C)c3C)c2)cc1Cl. The number of amides is 2. The molecule has 0 aliphatic carbocycles. The van der Waals surface area contributed by atoms with Crippen molar-refractivity contribution < 1.29 is 14.3 Å². The Balaban J connectivity index is 1.65. The van der Waals surface area contributed by atoms with E-state index in [1.807, 2.05) is 45.0 Å². The maximum absolute atomic E-state index is 12.6. The molecule has 0 bridgehead atoms. The largest absolute Gasteiger partial charge is 0.484 e. The highest BCUT2D eigenvalue weighted by molar-refractivity contribution is 6.31. The maximum atomic E-state index is 12.6. The Morgan fingerprint density at radius 2 is 1.76 bits per heavy atom. The van der Waals surface area contributed by atoms with Gasteiger partial charge < -0.3 is 15.4 Å². The molecule has 0 spiro atoms. The van der Waals surface area contributed by atoms with Crippen molar-refractivity contribution >= 4 is 40.9 Å². The minimum Gasteiger partial charge on any atom is -0.484 e. The zero-order valence-electron chi connectivity index (χ0n) is 19.1. The van der Waals surface area contributed by atoms with Gasteiger partial charge in [0.05, 0.1) is 0 Å². The first-order valence-electron chi connectivity index (χ1n) is 10.5. The Bertz CT molecular complexity index is 1310. The van der Waals surface area contributed by atoms with Crippen molar-refractivity contribution in [3.8, 4) is 11.8 Å². The van der Waals surface area contributed by atoms with Crippen LogP contribution in [0.25, 0.3) is 6.08 Å². The summed E-state index contributed by atoms with van der Waals surface area (Å²) in [5, 5.41) is 15.6. The van der Waals surface area contributed by atoms with E-state index in [0.717, 1.165) is 16.7 Å². The average molecular weight is 474 g/mol. The topological polar surface area (TPSA) is 91.2 Å². The number of ether oxygens (including phenoxy) is 1. The first-order chi connectivity index (χ1) is 16.3. The minimum absolute atomic E-state index is 0.0490. The van der Waals surface area contributed by atoms with Gasteiger partial charge in [0.15, 0.2) is 6.61 Å². The Morgan fingerprint density at radius 3 is 2.50 bits per heavy atom. The number of benzene rings is 3. The standard InChI is InChI=1S/C27H24ClN3O3/c1-17-6-4-9-25(19(17)3)31-27(33)21(15-29)12-20-7-5-8-23(13-20)34-16-26(32)30-22-11-10-18(2)24(28)14-22/h4-14H,16H2,1-3H3,(H,30,32)(H,31,33)/b21-12-. The molecule has 3 aromatic carbocycles. The van der Waals surface area contributed by atoms with E-state index in [9.17, 15) is 14.9 Å². The first kappa shape index (κ1) is 24.6. The Hall–Kier alpha value is -4.08. The predicted octanol–water partition coefficient (Wildman–Crippen LogP) is 5.83.